The van der Waals surface area contributed by atoms with Crippen LogP contribution in [0, 0.1) is 0 Å². The van der Waals surface area contributed by atoms with Gasteiger partial charge in [0.2, 0.25) is 0 Å². The molecule has 1 amide bonds. The number of aromatic nitrogens is 1. The quantitative estimate of drug-likeness (QED) is 0.472. The highest BCUT2D eigenvalue weighted by Gasteiger charge is 2.25. The molecule has 1 aliphatic rings. The molecule has 0 atom stereocenters. The molecule has 1 aromatic heterocycles. The lowest BCUT2D eigenvalue weighted by Gasteiger charge is -2.35. The van der Waals surface area contributed by atoms with E-state index >= 15 is 0 Å². The van der Waals surface area contributed by atoms with Gasteiger partial charge in [-0.1, -0.05) is 6.07 Å². The summed E-state index contributed by atoms with van der Waals surface area (Å²) in [7, 11) is 7.61. The molecule has 1 saturated heterocycles. The van der Waals surface area contributed by atoms with Crippen molar-refractivity contribution in [3.05, 3.63) is 53.9 Å². The molecule has 2 aromatic rings. The fourth-order valence-corrected chi connectivity index (χ4v) is 4.17. The summed E-state index contributed by atoms with van der Waals surface area (Å²) in [5.41, 5.74) is 1.64. The van der Waals surface area contributed by atoms with E-state index in [1.807, 2.05) is 35.2 Å². The first-order chi connectivity index (χ1) is 16.5. The van der Waals surface area contributed by atoms with E-state index in [4.69, 9.17) is 14.2 Å². The molecule has 0 bridgehead atoms. The summed E-state index contributed by atoms with van der Waals surface area (Å²) >= 11 is 0. The predicted molar refractivity (Wildman–Crippen MR) is 132 cm³/mol. The number of ether oxygens (including phenoxy) is 3. The number of amides is 1. The van der Waals surface area contributed by atoms with Crippen LogP contribution in [-0.2, 0) is 16.0 Å². The Morgan fingerprint density at radius 3 is 2.38 bits per heavy atom. The van der Waals surface area contributed by atoms with E-state index < -0.39 is 0 Å². The van der Waals surface area contributed by atoms with E-state index in [-0.39, 0.29) is 5.91 Å². The second-order valence-electron chi connectivity index (χ2n) is 8.86. The maximum atomic E-state index is 13.3. The van der Waals surface area contributed by atoms with Crippen LogP contribution in [-0.4, -0.2) is 99.3 Å². The van der Waals surface area contributed by atoms with Crippen molar-refractivity contribution < 1.29 is 19.0 Å². The first kappa shape index (κ1) is 26.1. The highest BCUT2D eigenvalue weighted by molar-refractivity contribution is 5.94. The molecule has 1 fully saturated rings. The molecule has 3 rings (SSSR count). The summed E-state index contributed by atoms with van der Waals surface area (Å²) in [6, 6.07) is 10.0. The zero-order valence-corrected chi connectivity index (χ0v) is 20.9. The summed E-state index contributed by atoms with van der Waals surface area (Å²) in [6.45, 7) is 4.99. The van der Waals surface area contributed by atoms with Crippen LogP contribution in [0.3, 0.4) is 0 Å². The van der Waals surface area contributed by atoms with E-state index in [0.717, 1.165) is 44.6 Å². The zero-order valence-electron chi connectivity index (χ0n) is 20.9. The summed E-state index contributed by atoms with van der Waals surface area (Å²) in [4.78, 5) is 23.9. The Morgan fingerprint density at radius 1 is 1.09 bits per heavy atom. The third-order valence-corrected chi connectivity index (χ3v) is 6.28. The van der Waals surface area contributed by atoms with Gasteiger partial charge in [0.25, 0.3) is 5.91 Å². The number of likely N-dealkylation sites (tertiary alicyclic amines) is 1. The van der Waals surface area contributed by atoms with Crippen molar-refractivity contribution in [1.82, 2.24) is 19.7 Å². The molecule has 2 heterocycles. The lowest BCUT2D eigenvalue weighted by molar-refractivity contribution is 0.0663. The van der Waals surface area contributed by atoms with E-state index in [2.05, 4.69) is 28.9 Å². The minimum absolute atomic E-state index is 0.0513. The molecule has 0 radical (unpaired) electrons. The molecular formula is C26H38N4O4. The van der Waals surface area contributed by atoms with Gasteiger partial charge in [-0.05, 0) is 51.2 Å². The lowest BCUT2D eigenvalue weighted by atomic mass is 10.0. The van der Waals surface area contributed by atoms with Gasteiger partial charge in [-0.15, -0.1) is 0 Å². The molecule has 8 nitrogen and oxygen atoms in total. The van der Waals surface area contributed by atoms with Gasteiger partial charge < -0.3 is 24.0 Å². The molecule has 186 valence electrons. The average Bonchev–Trinajstić information content (AvgIpc) is 2.86. The third-order valence-electron chi connectivity index (χ3n) is 6.28. The van der Waals surface area contributed by atoms with Crippen LogP contribution in [0.1, 0.15) is 28.8 Å². The van der Waals surface area contributed by atoms with Crippen molar-refractivity contribution in [3.8, 4) is 11.5 Å². The molecular weight excluding hydrogens is 432 g/mol. The maximum Gasteiger partial charge on any atom is 0.253 e. The van der Waals surface area contributed by atoms with Gasteiger partial charge >= 0.3 is 0 Å². The molecule has 1 aliphatic heterocycles. The Labute approximate surface area is 203 Å². The van der Waals surface area contributed by atoms with Crippen LogP contribution < -0.4 is 4.74 Å². The van der Waals surface area contributed by atoms with Gasteiger partial charge in [0.05, 0.1) is 19.4 Å². The number of hydrogen-bond donors (Lipinski definition) is 0. The summed E-state index contributed by atoms with van der Waals surface area (Å²) in [5.74, 6) is 1.36. The van der Waals surface area contributed by atoms with Crippen LogP contribution in [0.25, 0.3) is 0 Å². The van der Waals surface area contributed by atoms with Crippen LogP contribution in [0.4, 0.5) is 0 Å². The number of carbonyl (C=O) groups is 1. The van der Waals surface area contributed by atoms with Crippen LogP contribution in [0.15, 0.2) is 42.7 Å². The topological polar surface area (TPSA) is 67.4 Å². The second kappa shape index (κ2) is 13.4. The number of methoxy groups -OCH3 is 2. The smallest absolute Gasteiger partial charge is 0.253 e. The SMILES string of the molecule is COCCN(CCOC)Cc1ccc(C(=O)N2CCC(N(C)C)CC2)cc1Oc1cccnc1. The molecule has 0 spiro atoms. The Morgan fingerprint density at radius 2 is 1.79 bits per heavy atom. The van der Waals surface area contributed by atoms with Crippen molar-refractivity contribution in [2.45, 2.75) is 25.4 Å². The van der Waals surface area contributed by atoms with Crippen LogP contribution in [0.2, 0.25) is 0 Å². The van der Waals surface area contributed by atoms with E-state index in [1.54, 1.807) is 26.6 Å². The van der Waals surface area contributed by atoms with E-state index in [0.29, 0.717) is 42.9 Å². The Kier molecular flexibility index (Phi) is 10.3. The molecule has 1 aromatic carbocycles. The summed E-state index contributed by atoms with van der Waals surface area (Å²) in [5, 5.41) is 0. The first-order valence-electron chi connectivity index (χ1n) is 11.9. The van der Waals surface area contributed by atoms with E-state index in [1.165, 1.54) is 0 Å². The highest BCUT2D eigenvalue weighted by Crippen LogP contribution is 2.28. The highest BCUT2D eigenvalue weighted by atomic mass is 16.5. The zero-order chi connectivity index (χ0) is 24.3. The molecule has 34 heavy (non-hydrogen) atoms. The summed E-state index contributed by atoms with van der Waals surface area (Å²) in [6.07, 6.45) is 5.37. The van der Waals surface area contributed by atoms with Crippen molar-refractivity contribution in [3.63, 3.8) is 0 Å². The van der Waals surface area contributed by atoms with Gasteiger partial charge in [0.1, 0.15) is 11.5 Å². The number of benzene rings is 1. The number of hydrogen-bond acceptors (Lipinski definition) is 7. The van der Waals surface area contributed by atoms with Crippen molar-refractivity contribution >= 4 is 5.91 Å². The van der Waals surface area contributed by atoms with Crippen molar-refractivity contribution in [1.29, 1.82) is 0 Å². The first-order valence-corrected chi connectivity index (χ1v) is 11.9. The second-order valence-corrected chi connectivity index (χ2v) is 8.86. The Hall–Kier alpha value is -2.52. The molecule has 0 saturated carbocycles. The van der Waals surface area contributed by atoms with Gasteiger partial charge in [0.15, 0.2) is 0 Å². The maximum absolute atomic E-state index is 13.3. The standard InChI is InChI=1S/C26H38N4O4/c1-28(2)23-9-12-30(13-10-23)26(31)21-7-8-22(20-29(14-16-32-3)15-17-33-4)25(18-21)34-24-6-5-11-27-19-24/h5-8,11,18-19,23H,9-10,12-17,20H2,1-4H3. The largest absolute Gasteiger partial charge is 0.455 e. The van der Waals surface area contributed by atoms with Gasteiger partial charge in [-0.2, -0.15) is 0 Å². The number of rotatable bonds is 12. The normalized spacial score (nSPS) is 14.7. The van der Waals surface area contributed by atoms with Gasteiger partial charge in [0, 0.05) is 70.3 Å². The molecule has 8 heteroatoms. The summed E-state index contributed by atoms with van der Waals surface area (Å²) < 4.78 is 16.8. The monoisotopic (exact) mass is 470 g/mol. The fourth-order valence-electron chi connectivity index (χ4n) is 4.17. The Bertz CT molecular complexity index is 878. The lowest BCUT2D eigenvalue weighted by Crippen LogP contribution is -2.44. The number of pyridine rings is 1. The van der Waals surface area contributed by atoms with E-state index in [9.17, 15) is 4.79 Å². The number of nitrogens with zero attached hydrogens (tertiary/aromatic N) is 4. The minimum atomic E-state index is 0.0513. The molecule has 0 unspecified atom stereocenters. The molecule has 0 N–H and O–H groups in total. The number of carbonyl (C=O) groups excluding carboxylic acids is 1. The van der Waals surface area contributed by atoms with Gasteiger partial charge in [-0.25, -0.2) is 0 Å². The minimum Gasteiger partial charge on any atom is -0.455 e. The third kappa shape index (κ3) is 7.50. The Balaban J connectivity index is 1.81. The van der Waals surface area contributed by atoms with Crippen molar-refractivity contribution in [2.75, 3.05) is 67.7 Å². The average molecular weight is 471 g/mol. The van der Waals surface area contributed by atoms with Gasteiger partial charge in [-0.3, -0.25) is 14.7 Å². The number of piperidine rings is 1. The van der Waals surface area contributed by atoms with Crippen LogP contribution in [0.5, 0.6) is 11.5 Å². The van der Waals surface area contributed by atoms with Crippen LogP contribution >= 0.6 is 0 Å². The predicted octanol–water partition coefficient (Wildman–Crippen LogP) is 3.13. The van der Waals surface area contributed by atoms with Crippen molar-refractivity contribution in [2.24, 2.45) is 0 Å². The fraction of sp³-hybridized carbons (Fsp3) is 0.538. The molecule has 0 aliphatic carbocycles.